The molecule has 5 nitrogen and oxygen atoms in total. The standard InChI is InChI=1S/C16H22Cl2N2O3/c1-10(2)20-16(21)23-9-12-8-19-5-6-22-15(12)11-3-4-13(17)14(18)7-11/h3-4,7,10,12,15,19H,5-6,8-9H2,1-2H3,(H,20,21)/t12-,15-/m0/s1. The molecule has 0 unspecified atom stereocenters. The van der Waals surface area contributed by atoms with Crippen molar-refractivity contribution in [1.82, 2.24) is 10.6 Å². The normalized spacial score (nSPS) is 21.8. The highest BCUT2D eigenvalue weighted by molar-refractivity contribution is 6.42. The number of rotatable bonds is 4. The lowest BCUT2D eigenvalue weighted by atomic mass is 9.96. The molecule has 0 spiro atoms. The van der Waals surface area contributed by atoms with Gasteiger partial charge in [0, 0.05) is 25.0 Å². The second-order valence-corrected chi connectivity index (χ2v) is 6.64. The van der Waals surface area contributed by atoms with Gasteiger partial charge in [-0.3, -0.25) is 0 Å². The summed E-state index contributed by atoms with van der Waals surface area (Å²) in [5.74, 6) is -0.00680. The van der Waals surface area contributed by atoms with E-state index in [1.807, 2.05) is 19.9 Å². The molecule has 1 aromatic carbocycles. The summed E-state index contributed by atoms with van der Waals surface area (Å²) in [7, 11) is 0. The minimum atomic E-state index is -0.419. The summed E-state index contributed by atoms with van der Waals surface area (Å²) in [6.07, 6.45) is -0.622. The van der Waals surface area contributed by atoms with Gasteiger partial charge in [0.05, 0.1) is 22.8 Å². The Labute approximate surface area is 146 Å². The zero-order valence-corrected chi connectivity index (χ0v) is 14.8. The minimum absolute atomic E-state index is 0.00680. The molecule has 1 fully saturated rings. The van der Waals surface area contributed by atoms with Crippen LogP contribution in [0.25, 0.3) is 0 Å². The Balaban J connectivity index is 2.07. The zero-order chi connectivity index (χ0) is 16.8. The second-order valence-electron chi connectivity index (χ2n) is 5.83. The summed E-state index contributed by atoms with van der Waals surface area (Å²) in [6.45, 7) is 6.06. The van der Waals surface area contributed by atoms with Crippen LogP contribution in [0.15, 0.2) is 18.2 Å². The van der Waals surface area contributed by atoms with Crippen molar-refractivity contribution < 1.29 is 14.3 Å². The number of hydrogen-bond acceptors (Lipinski definition) is 4. The number of nitrogens with one attached hydrogen (secondary N) is 2. The Morgan fingerprint density at radius 2 is 2.22 bits per heavy atom. The first-order valence-corrected chi connectivity index (χ1v) is 8.43. The molecule has 1 aliphatic heterocycles. The number of carbonyl (C=O) groups excluding carboxylic acids is 1. The molecule has 1 aromatic rings. The molecule has 7 heteroatoms. The van der Waals surface area contributed by atoms with Crippen molar-refractivity contribution in [3.05, 3.63) is 33.8 Å². The van der Waals surface area contributed by atoms with Gasteiger partial charge >= 0.3 is 6.09 Å². The maximum atomic E-state index is 11.7. The van der Waals surface area contributed by atoms with Crippen LogP contribution in [0, 0.1) is 5.92 Å². The van der Waals surface area contributed by atoms with Crippen LogP contribution < -0.4 is 10.6 Å². The van der Waals surface area contributed by atoms with E-state index in [1.165, 1.54) is 0 Å². The van der Waals surface area contributed by atoms with Crippen molar-refractivity contribution in [2.45, 2.75) is 26.0 Å². The average molecular weight is 361 g/mol. The predicted molar refractivity (Wildman–Crippen MR) is 91.1 cm³/mol. The molecule has 0 bridgehead atoms. The number of carbonyl (C=O) groups is 1. The molecule has 0 saturated carbocycles. The molecule has 1 aliphatic rings. The quantitative estimate of drug-likeness (QED) is 0.863. The summed E-state index contributed by atoms with van der Waals surface area (Å²) in [6, 6.07) is 5.49. The van der Waals surface area contributed by atoms with Crippen LogP contribution in [0.1, 0.15) is 25.5 Å². The van der Waals surface area contributed by atoms with E-state index in [9.17, 15) is 4.79 Å². The van der Waals surface area contributed by atoms with Crippen molar-refractivity contribution in [3.8, 4) is 0 Å². The molecule has 128 valence electrons. The average Bonchev–Trinajstić information content (AvgIpc) is 2.72. The van der Waals surface area contributed by atoms with Crippen LogP contribution in [0.3, 0.4) is 0 Å². The van der Waals surface area contributed by atoms with E-state index >= 15 is 0 Å². The van der Waals surface area contributed by atoms with Crippen LogP contribution in [0.2, 0.25) is 10.0 Å². The summed E-state index contributed by atoms with van der Waals surface area (Å²) in [5, 5.41) is 6.99. The Kier molecular flexibility index (Phi) is 6.96. The van der Waals surface area contributed by atoms with Gasteiger partial charge in [-0.2, -0.15) is 0 Å². The van der Waals surface area contributed by atoms with Gasteiger partial charge in [-0.25, -0.2) is 4.79 Å². The molecule has 1 saturated heterocycles. The highest BCUT2D eigenvalue weighted by Crippen LogP contribution is 2.32. The Morgan fingerprint density at radius 3 is 2.91 bits per heavy atom. The first-order chi connectivity index (χ1) is 11.0. The van der Waals surface area contributed by atoms with Gasteiger partial charge in [0.25, 0.3) is 0 Å². The summed E-state index contributed by atoms with van der Waals surface area (Å²) < 4.78 is 11.3. The molecule has 0 aliphatic carbocycles. The Morgan fingerprint density at radius 1 is 1.43 bits per heavy atom. The van der Waals surface area contributed by atoms with Gasteiger partial charge < -0.3 is 20.1 Å². The Hall–Kier alpha value is -1.01. The van der Waals surface area contributed by atoms with Crippen LogP contribution >= 0.6 is 23.2 Å². The van der Waals surface area contributed by atoms with E-state index in [4.69, 9.17) is 32.7 Å². The molecule has 0 aromatic heterocycles. The van der Waals surface area contributed by atoms with Crippen LogP contribution in [0.5, 0.6) is 0 Å². The smallest absolute Gasteiger partial charge is 0.407 e. The molecule has 0 radical (unpaired) electrons. The highest BCUT2D eigenvalue weighted by atomic mass is 35.5. The van der Waals surface area contributed by atoms with Crippen molar-refractivity contribution in [3.63, 3.8) is 0 Å². The maximum absolute atomic E-state index is 11.7. The molecule has 23 heavy (non-hydrogen) atoms. The van der Waals surface area contributed by atoms with Crippen molar-refractivity contribution >= 4 is 29.3 Å². The lowest BCUT2D eigenvalue weighted by molar-refractivity contribution is 0.00674. The van der Waals surface area contributed by atoms with Crippen LogP contribution in [-0.2, 0) is 9.47 Å². The molecule has 2 N–H and O–H groups in total. The fourth-order valence-electron chi connectivity index (χ4n) is 2.45. The molecule has 2 atom stereocenters. The van der Waals surface area contributed by atoms with E-state index in [2.05, 4.69) is 10.6 Å². The third-order valence-electron chi connectivity index (χ3n) is 3.52. The van der Waals surface area contributed by atoms with Gasteiger partial charge in [-0.05, 0) is 31.5 Å². The first-order valence-electron chi connectivity index (χ1n) is 7.68. The maximum Gasteiger partial charge on any atom is 0.407 e. The monoisotopic (exact) mass is 360 g/mol. The van der Waals surface area contributed by atoms with Gasteiger partial charge in [-0.1, -0.05) is 29.3 Å². The van der Waals surface area contributed by atoms with E-state index in [0.29, 0.717) is 23.2 Å². The topological polar surface area (TPSA) is 59.6 Å². The minimum Gasteiger partial charge on any atom is -0.449 e. The number of ether oxygens (including phenoxy) is 2. The van der Waals surface area contributed by atoms with Gasteiger partial charge in [0.2, 0.25) is 0 Å². The fourth-order valence-corrected chi connectivity index (χ4v) is 2.76. The van der Waals surface area contributed by atoms with Gasteiger partial charge in [-0.15, -0.1) is 0 Å². The predicted octanol–water partition coefficient (Wildman–Crippen LogP) is 3.41. The van der Waals surface area contributed by atoms with Crippen LogP contribution in [0.4, 0.5) is 4.79 Å². The molecule has 1 amide bonds. The highest BCUT2D eigenvalue weighted by Gasteiger charge is 2.28. The lowest BCUT2D eigenvalue weighted by Crippen LogP contribution is -2.34. The number of amides is 1. The van der Waals surface area contributed by atoms with Crippen molar-refractivity contribution in [1.29, 1.82) is 0 Å². The molecular weight excluding hydrogens is 339 g/mol. The SMILES string of the molecule is CC(C)NC(=O)OC[C@@H]1CNCCO[C@H]1c1ccc(Cl)c(Cl)c1. The first kappa shape index (κ1) is 18.3. The molecule has 2 rings (SSSR count). The molecular formula is C16H22Cl2N2O3. The second kappa shape index (κ2) is 8.73. The van der Waals surface area contributed by atoms with E-state index in [0.717, 1.165) is 12.1 Å². The fraction of sp³-hybridized carbons (Fsp3) is 0.562. The summed E-state index contributed by atoms with van der Waals surface area (Å²) in [5.41, 5.74) is 0.931. The zero-order valence-electron chi connectivity index (χ0n) is 13.3. The number of hydrogen-bond donors (Lipinski definition) is 2. The Bertz CT molecular complexity index is 540. The summed E-state index contributed by atoms with van der Waals surface area (Å²) >= 11 is 12.1. The summed E-state index contributed by atoms with van der Waals surface area (Å²) in [4.78, 5) is 11.7. The lowest BCUT2D eigenvalue weighted by Gasteiger charge is -2.25. The third kappa shape index (κ3) is 5.53. The van der Waals surface area contributed by atoms with E-state index < -0.39 is 6.09 Å². The van der Waals surface area contributed by atoms with Gasteiger partial charge in [0.15, 0.2) is 0 Å². The third-order valence-corrected chi connectivity index (χ3v) is 4.26. The molecule has 1 heterocycles. The number of benzene rings is 1. The van der Waals surface area contributed by atoms with Crippen molar-refractivity contribution in [2.75, 3.05) is 26.3 Å². The van der Waals surface area contributed by atoms with Crippen molar-refractivity contribution in [2.24, 2.45) is 5.92 Å². The van der Waals surface area contributed by atoms with Gasteiger partial charge in [0.1, 0.15) is 6.61 Å². The van der Waals surface area contributed by atoms with Crippen LogP contribution in [-0.4, -0.2) is 38.4 Å². The number of halogens is 2. The largest absolute Gasteiger partial charge is 0.449 e. The van der Waals surface area contributed by atoms with E-state index in [1.54, 1.807) is 12.1 Å². The van der Waals surface area contributed by atoms with E-state index in [-0.39, 0.29) is 24.7 Å². The number of alkyl carbamates (subject to hydrolysis) is 1.